The summed E-state index contributed by atoms with van der Waals surface area (Å²) in [5, 5.41) is 2.90. The third-order valence-corrected chi connectivity index (χ3v) is 4.73. The van der Waals surface area contributed by atoms with Crippen LogP contribution in [0.15, 0.2) is 30.3 Å². The van der Waals surface area contributed by atoms with E-state index in [9.17, 15) is 18.0 Å². The number of amides is 1. The van der Waals surface area contributed by atoms with Gasteiger partial charge in [-0.05, 0) is 37.5 Å². The van der Waals surface area contributed by atoms with Crippen molar-refractivity contribution in [1.82, 2.24) is 10.3 Å². The number of aromatic nitrogens is 1. The number of nitrogens with one attached hydrogen (secondary N) is 1. The molecule has 0 aliphatic carbocycles. The van der Waals surface area contributed by atoms with Crippen LogP contribution in [0.4, 0.5) is 18.9 Å². The van der Waals surface area contributed by atoms with Crippen molar-refractivity contribution in [1.29, 1.82) is 0 Å². The van der Waals surface area contributed by atoms with Crippen LogP contribution in [0.2, 0.25) is 0 Å². The number of anilines is 1. The number of benzene rings is 1. The maximum atomic E-state index is 14.0. The standard InChI is InChI=1S/C20H22F3N3O2/c1-12-3-4-14(9-17(12)21)18-10-16(11-19(25-18)28-20(22)23)26-7-5-15(6-8-26)24-13(2)27/h3-4,9-11,15,20H,5-8H2,1-2H3,(H,24,27). The highest BCUT2D eigenvalue weighted by Crippen LogP contribution is 2.30. The number of piperidine rings is 1. The smallest absolute Gasteiger partial charge is 0.388 e. The summed E-state index contributed by atoms with van der Waals surface area (Å²) in [5.74, 6) is -0.678. The number of rotatable bonds is 5. The van der Waals surface area contributed by atoms with E-state index in [1.165, 1.54) is 19.1 Å². The van der Waals surface area contributed by atoms with Gasteiger partial charge in [-0.25, -0.2) is 9.37 Å². The normalized spacial score (nSPS) is 15.0. The molecule has 28 heavy (non-hydrogen) atoms. The largest absolute Gasteiger partial charge is 0.417 e. The number of aryl methyl sites for hydroxylation is 1. The summed E-state index contributed by atoms with van der Waals surface area (Å²) >= 11 is 0. The number of pyridine rings is 1. The molecule has 1 saturated heterocycles. The second-order valence-corrected chi connectivity index (χ2v) is 6.85. The fourth-order valence-corrected chi connectivity index (χ4v) is 3.30. The highest BCUT2D eigenvalue weighted by atomic mass is 19.3. The number of alkyl halides is 2. The third-order valence-electron chi connectivity index (χ3n) is 4.73. The van der Waals surface area contributed by atoms with Crippen LogP contribution in [0.5, 0.6) is 5.88 Å². The van der Waals surface area contributed by atoms with Crippen molar-refractivity contribution < 1.29 is 22.7 Å². The Bertz CT molecular complexity index is 853. The van der Waals surface area contributed by atoms with Crippen molar-refractivity contribution >= 4 is 11.6 Å². The van der Waals surface area contributed by atoms with Gasteiger partial charge in [-0.2, -0.15) is 8.78 Å². The Labute approximate surface area is 161 Å². The number of halogens is 3. The minimum absolute atomic E-state index is 0.0707. The van der Waals surface area contributed by atoms with Gasteiger partial charge >= 0.3 is 6.61 Å². The van der Waals surface area contributed by atoms with E-state index >= 15 is 0 Å². The van der Waals surface area contributed by atoms with E-state index in [4.69, 9.17) is 0 Å². The first-order valence-electron chi connectivity index (χ1n) is 9.07. The summed E-state index contributed by atoms with van der Waals surface area (Å²) < 4.78 is 44.0. The molecular weight excluding hydrogens is 371 g/mol. The molecule has 1 amide bonds. The van der Waals surface area contributed by atoms with Gasteiger partial charge in [-0.15, -0.1) is 0 Å². The molecule has 3 rings (SSSR count). The molecule has 0 saturated carbocycles. The summed E-state index contributed by atoms with van der Waals surface area (Å²) in [6.07, 6.45) is 1.48. The molecular formula is C20H22F3N3O2. The fraction of sp³-hybridized carbons (Fsp3) is 0.400. The van der Waals surface area contributed by atoms with E-state index in [-0.39, 0.29) is 17.8 Å². The van der Waals surface area contributed by atoms with Gasteiger partial charge in [0, 0.05) is 43.4 Å². The SMILES string of the molecule is CC(=O)NC1CCN(c2cc(OC(F)F)nc(-c3ccc(C)c(F)c3)c2)CC1. The summed E-state index contributed by atoms with van der Waals surface area (Å²) in [4.78, 5) is 17.3. The summed E-state index contributed by atoms with van der Waals surface area (Å²) in [5.41, 5.74) is 2.00. The molecule has 1 aliphatic rings. The van der Waals surface area contributed by atoms with Crippen LogP contribution in [0, 0.1) is 12.7 Å². The first-order chi connectivity index (χ1) is 13.3. The molecule has 5 nitrogen and oxygen atoms in total. The number of hydrogen-bond donors (Lipinski definition) is 1. The summed E-state index contributed by atoms with van der Waals surface area (Å²) in [6.45, 7) is 1.41. The van der Waals surface area contributed by atoms with E-state index in [0.717, 1.165) is 12.8 Å². The van der Waals surface area contributed by atoms with Gasteiger partial charge in [0.1, 0.15) is 5.82 Å². The van der Waals surface area contributed by atoms with Gasteiger partial charge in [0.05, 0.1) is 5.69 Å². The molecule has 2 heterocycles. The number of carbonyl (C=O) groups excluding carboxylic acids is 1. The number of carbonyl (C=O) groups is 1. The molecule has 150 valence electrons. The van der Waals surface area contributed by atoms with Crippen molar-refractivity contribution in [2.75, 3.05) is 18.0 Å². The van der Waals surface area contributed by atoms with Crippen LogP contribution in [0.3, 0.4) is 0 Å². The van der Waals surface area contributed by atoms with Crippen LogP contribution in [0.25, 0.3) is 11.3 Å². The Morgan fingerprint density at radius 3 is 2.57 bits per heavy atom. The molecule has 8 heteroatoms. The van der Waals surface area contributed by atoms with Gasteiger partial charge in [0.25, 0.3) is 0 Å². The van der Waals surface area contributed by atoms with Crippen molar-refractivity contribution in [3.05, 3.63) is 41.7 Å². The number of hydrogen-bond acceptors (Lipinski definition) is 4. The lowest BCUT2D eigenvalue weighted by Crippen LogP contribution is -2.44. The van der Waals surface area contributed by atoms with Crippen LogP contribution in [0.1, 0.15) is 25.3 Å². The van der Waals surface area contributed by atoms with Gasteiger partial charge in [-0.1, -0.05) is 12.1 Å². The molecule has 0 bridgehead atoms. The topological polar surface area (TPSA) is 54.5 Å². The van der Waals surface area contributed by atoms with Crippen LogP contribution < -0.4 is 15.0 Å². The zero-order valence-electron chi connectivity index (χ0n) is 15.7. The zero-order valence-corrected chi connectivity index (χ0v) is 15.7. The first-order valence-corrected chi connectivity index (χ1v) is 9.07. The van der Waals surface area contributed by atoms with Crippen LogP contribution >= 0.6 is 0 Å². The quantitative estimate of drug-likeness (QED) is 0.837. The van der Waals surface area contributed by atoms with Crippen LogP contribution in [-0.2, 0) is 4.79 Å². The van der Waals surface area contributed by atoms with Crippen molar-refractivity contribution in [2.45, 2.75) is 39.3 Å². The highest BCUT2D eigenvalue weighted by Gasteiger charge is 2.22. The Hall–Kier alpha value is -2.77. The highest BCUT2D eigenvalue weighted by molar-refractivity contribution is 5.73. The third kappa shape index (κ3) is 4.94. The molecule has 1 aromatic heterocycles. The molecule has 1 aromatic carbocycles. The lowest BCUT2D eigenvalue weighted by molar-refractivity contribution is -0.119. The van der Waals surface area contributed by atoms with E-state index in [0.29, 0.717) is 35.6 Å². The molecule has 1 aliphatic heterocycles. The van der Waals surface area contributed by atoms with Gasteiger partial charge in [0.15, 0.2) is 0 Å². The molecule has 0 radical (unpaired) electrons. The Balaban J connectivity index is 1.88. The predicted molar refractivity (Wildman–Crippen MR) is 100 cm³/mol. The average Bonchev–Trinajstić information content (AvgIpc) is 2.63. The van der Waals surface area contributed by atoms with Gasteiger partial charge in [0.2, 0.25) is 11.8 Å². The average molecular weight is 393 g/mol. The van der Waals surface area contributed by atoms with Crippen molar-refractivity contribution in [3.63, 3.8) is 0 Å². The Kier molecular flexibility index (Phi) is 6.06. The maximum absolute atomic E-state index is 14.0. The first kappa shape index (κ1) is 20.0. The molecule has 0 spiro atoms. The van der Waals surface area contributed by atoms with Crippen molar-refractivity contribution in [2.24, 2.45) is 0 Å². The maximum Gasteiger partial charge on any atom is 0.388 e. The van der Waals surface area contributed by atoms with E-state index in [1.54, 1.807) is 25.1 Å². The van der Waals surface area contributed by atoms with E-state index < -0.39 is 12.4 Å². The number of ether oxygens (including phenoxy) is 1. The lowest BCUT2D eigenvalue weighted by atomic mass is 10.0. The molecule has 1 fully saturated rings. The van der Waals surface area contributed by atoms with Gasteiger partial charge in [-0.3, -0.25) is 4.79 Å². The Morgan fingerprint density at radius 2 is 1.96 bits per heavy atom. The second-order valence-electron chi connectivity index (χ2n) is 6.85. The monoisotopic (exact) mass is 393 g/mol. The van der Waals surface area contributed by atoms with E-state index in [2.05, 4.69) is 15.0 Å². The molecule has 0 unspecified atom stereocenters. The minimum Gasteiger partial charge on any atom is -0.417 e. The predicted octanol–water partition coefficient (Wildman–Crippen LogP) is 3.90. The summed E-state index contributed by atoms with van der Waals surface area (Å²) in [6, 6.07) is 7.93. The van der Waals surface area contributed by atoms with Crippen LogP contribution in [-0.4, -0.2) is 36.6 Å². The Morgan fingerprint density at radius 1 is 1.25 bits per heavy atom. The molecule has 1 N–H and O–H groups in total. The van der Waals surface area contributed by atoms with E-state index in [1.807, 2.05) is 4.90 Å². The lowest BCUT2D eigenvalue weighted by Gasteiger charge is -2.34. The summed E-state index contributed by atoms with van der Waals surface area (Å²) in [7, 11) is 0. The fourth-order valence-electron chi connectivity index (χ4n) is 3.30. The minimum atomic E-state index is -3.00. The molecule has 2 aromatic rings. The van der Waals surface area contributed by atoms with Gasteiger partial charge < -0.3 is 15.0 Å². The van der Waals surface area contributed by atoms with Crippen molar-refractivity contribution in [3.8, 4) is 17.1 Å². The second kappa shape index (κ2) is 8.50. The molecule has 0 atom stereocenters. The number of nitrogens with zero attached hydrogens (tertiary/aromatic N) is 2. The zero-order chi connectivity index (χ0) is 20.3.